The summed E-state index contributed by atoms with van der Waals surface area (Å²) in [6.07, 6.45) is 1.62. The summed E-state index contributed by atoms with van der Waals surface area (Å²) in [5.41, 5.74) is -0.485. The monoisotopic (exact) mass is 246 g/mol. The number of aliphatic hydroxyl groups is 1. The first-order chi connectivity index (χ1) is 7.97. The molecule has 1 fully saturated rings. The van der Waals surface area contributed by atoms with E-state index in [1.807, 2.05) is 6.92 Å². The van der Waals surface area contributed by atoms with Crippen LogP contribution in [0.1, 0.15) is 19.8 Å². The second kappa shape index (κ2) is 5.83. The molecule has 0 aliphatic carbocycles. The Labute approximate surface area is 99.1 Å². The number of carbonyl (C=O) groups is 2. The Morgan fingerprint density at radius 1 is 1.53 bits per heavy atom. The molecule has 0 bridgehead atoms. The summed E-state index contributed by atoms with van der Waals surface area (Å²) in [5.74, 6) is -1.27. The minimum absolute atomic E-state index is 0.400. The number of carboxylic acid groups (broad SMARTS) is 1. The largest absolute Gasteiger partial charge is 0.480 e. The topological polar surface area (TPSA) is 108 Å². The summed E-state index contributed by atoms with van der Waals surface area (Å²) in [6.45, 7) is 2.26. The van der Waals surface area contributed by atoms with Gasteiger partial charge in [0.05, 0.1) is 18.8 Å². The summed E-state index contributed by atoms with van der Waals surface area (Å²) in [4.78, 5) is 22.1. The summed E-state index contributed by atoms with van der Waals surface area (Å²) in [5, 5.41) is 22.3. The molecule has 7 nitrogen and oxygen atoms in total. The predicted molar refractivity (Wildman–Crippen MR) is 58.6 cm³/mol. The lowest BCUT2D eigenvalue weighted by molar-refractivity contribution is -0.140. The van der Waals surface area contributed by atoms with Gasteiger partial charge in [-0.3, -0.25) is 0 Å². The Bertz CT molecular complexity index is 288. The van der Waals surface area contributed by atoms with Crippen LogP contribution in [0.3, 0.4) is 0 Å². The Morgan fingerprint density at radius 2 is 2.24 bits per heavy atom. The first kappa shape index (κ1) is 13.7. The fourth-order valence-corrected chi connectivity index (χ4v) is 1.69. The molecular formula is C10H18N2O5. The van der Waals surface area contributed by atoms with Crippen molar-refractivity contribution in [1.29, 1.82) is 0 Å². The van der Waals surface area contributed by atoms with Crippen LogP contribution in [-0.2, 0) is 9.53 Å². The van der Waals surface area contributed by atoms with Crippen molar-refractivity contribution in [3.63, 3.8) is 0 Å². The lowest BCUT2D eigenvalue weighted by Gasteiger charge is -2.34. The van der Waals surface area contributed by atoms with Crippen molar-refractivity contribution >= 4 is 12.0 Å². The third-order valence-electron chi connectivity index (χ3n) is 2.64. The fourth-order valence-electron chi connectivity index (χ4n) is 1.69. The molecule has 2 atom stereocenters. The van der Waals surface area contributed by atoms with Crippen molar-refractivity contribution in [2.45, 2.75) is 31.3 Å². The van der Waals surface area contributed by atoms with E-state index < -0.39 is 30.2 Å². The summed E-state index contributed by atoms with van der Waals surface area (Å²) >= 11 is 0. The number of hydrogen-bond acceptors (Lipinski definition) is 4. The van der Waals surface area contributed by atoms with Gasteiger partial charge in [-0.15, -0.1) is 0 Å². The minimum Gasteiger partial charge on any atom is -0.480 e. The van der Waals surface area contributed by atoms with E-state index >= 15 is 0 Å². The van der Waals surface area contributed by atoms with Crippen molar-refractivity contribution in [3.05, 3.63) is 0 Å². The zero-order valence-corrected chi connectivity index (χ0v) is 9.73. The van der Waals surface area contributed by atoms with Crippen molar-refractivity contribution in [2.24, 2.45) is 0 Å². The van der Waals surface area contributed by atoms with E-state index in [4.69, 9.17) is 14.9 Å². The second-order valence-electron chi connectivity index (χ2n) is 4.39. The standard InChI is InChI=1S/C10H18N2O5/c1-10(3-2-4-17-6-10)12-9(16)11-7(5-13)8(14)15/h7,13H,2-6H2,1H3,(H,14,15)(H2,11,12,16). The molecule has 98 valence electrons. The van der Waals surface area contributed by atoms with Gasteiger partial charge in [-0.05, 0) is 19.8 Å². The predicted octanol–water partition coefficient (Wildman–Crippen LogP) is -0.700. The zero-order chi connectivity index (χ0) is 12.9. The first-order valence-electron chi connectivity index (χ1n) is 5.47. The molecule has 17 heavy (non-hydrogen) atoms. The first-order valence-corrected chi connectivity index (χ1v) is 5.47. The van der Waals surface area contributed by atoms with Crippen LogP contribution in [0.25, 0.3) is 0 Å². The van der Waals surface area contributed by atoms with Crippen molar-refractivity contribution in [2.75, 3.05) is 19.8 Å². The average molecular weight is 246 g/mol. The SMILES string of the molecule is CC1(NC(=O)NC(CO)C(=O)O)CCCOC1. The molecule has 1 aliphatic rings. The van der Waals surface area contributed by atoms with E-state index in [0.29, 0.717) is 13.2 Å². The number of nitrogens with one attached hydrogen (secondary N) is 2. The highest BCUT2D eigenvalue weighted by atomic mass is 16.5. The molecule has 1 saturated heterocycles. The number of hydrogen-bond donors (Lipinski definition) is 4. The third kappa shape index (κ3) is 4.20. The van der Waals surface area contributed by atoms with Crippen molar-refractivity contribution in [3.8, 4) is 0 Å². The number of aliphatic carboxylic acids is 1. The van der Waals surface area contributed by atoms with Gasteiger partial charge in [0.2, 0.25) is 0 Å². The maximum absolute atomic E-state index is 11.5. The molecule has 1 aliphatic heterocycles. The van der Waals surface area contributed by atoms with E-state index in [1.165, 1.54) is 0 Å². The molecule has 0 saturated carbocycles. The van der Waals surface area contributed by atoms with Gasteiger partial charge in [0.1, 0.15) is 0 Å². The molecule has 2 unspecified atom stereocenters. The smallest absolute Gasteiger partial charge is 0.328 e. The summed E-state index contributed by atoms with van der Waals surface area (Å²) < 4.78 is 5.26. The van der Waals surface area contributed by atoms with Gasteiger partial charge in [0.15, 0.2) is 6.04 Å². The van der Waals surface area contributed by atoms with Gasteiger partial charge in [-0.1, -0.05) is 0 Å². The van der Waals surface area contributed by atoms with E-state index in [0.717, 1.165) is 12.8 Å². The summed E-state index contributed by atoms with van der Waals surface area (Å²) in [6, 6.07) is -1.90. The normalized spacial score (nSPS) is 26.0. The molecule has 1 heterocycles. The maximum atomic E-state index is 11.5. The van der Waals surface area contributed by atoms with Gasteiger partial charge in [-0.25, -0.2) is 9.59 Å². The minimum atomic E-state index is -1.29. The van der Waals surface area contributed by atoms with Crippen LogP contribution >= 0.6 is 0 Å². The van der Waals surface area contributed by atoms with Crippen LogP contribution in [0.15, 0.2) is 0 Å². The molecule has 0 aromatic carbocycles. The number of rotatable bonds is 4. The van der Waals surface area contributed by atoms with Crippen LogP contribution in [0.5, 0.6) is 0 Å². The van der Waals surface area contributed by atoms with Crippen molar-refractivity contribution in [1.82, 2.24) is 10.6 Å². The maximum Gasteiger partial charge on any atom is 0.328 e. The fraction of sp³-hybridized carbons (Fsp3) is 0.800. The molecular weight excluding hydrogens is 228 g/mol. The molecule has 0 spiro atoms. The highest BCUT2D eigenvalue weighted by Crippen LogP contribution is 2.17. The Morgan fingerprint density at radius 3 is 2.71 bits per heavy atom. The quantitative estimate of drug-likeness (QED) is 0.524. The summed E-state index contributed by atoms with van der Waals surface area (Å²) in [7, 11) is 0. The van der Waals surface area contributed by atoms with Gasteiger partial charge < -0.3 is 25.6 Å². The Hall–Kier alpha value is -1.34. The zero-order valence-electron chi connectivity index (χ0n) is 9.73. The van der Waals surface area contributed by atoms with E-state index in [1.54, 1.807) is 0 Å². The lowest BCUT2D eigenvalue weighted by atomic mass is 9.95. The van der Waals surface area contributed by atoms with Gasteiger partial charge in [0, 0.05) is 6.61 Å². The van der Waals surface area contributed by atoms with Crippen molar-refractivity contribution < 1.29 is 24.5 Å². The van der Waals surface area contributed by atoms with Crippen LogP contribution < -0.4 is 10.6 Å². The molecule has 2 amide bonds. The van der Waals surface area contributed by atoms with Gasteiger partial charge in [0.25, 0.3) is 0 Å². The highest BCUT2D eigenvalue weighted by molar-refractivity contribution is 5.82. The van der Waals surface area contributed by atoms with Crippen LogP contribution in [0, 0.1) is 0 Å². The molecule has 7 heteroatoms. The van der Waals surface area contributed by atoms with Crippen LogP contribution in [-0.4, -0.2) is 53.6 Å². The Balaban J connectivity index is 2.45. The molecule has 0 radical (unpaired) electrons. The number of amides is 2. The molecule has 0 aromatic heterocycles. The lowest BCUT2D eigenvalue weighted by Crippen LogP contribution is -2.57. The van der Waals surface area contributed by atoms with E-state index in [2.05, 4.69) is 10.6 Å². The van der Waals surface area contributed by atoms with Gasteiger partial charge in [-0.2, -0.15) is 0 Å². The average Bonchev–Trinajstić information content (AvgIpc) is 2.25. The van der Waals surface area contributed by atoms with Crippen LogP contribution in [0.2, 0.25) is 0 Å². The molecule has 0 aromatic rings. The molecule has 4 N–H and O–H groups in total. The van der Waals surface area contributed by atoms with E-state index in [-0.39, 0.29) is 0 Å². The second-order valence-corrected chi connectivity index (χ2v) is 4.39. The van der Waals surface area contributed by atoms with Crippen LogP contribution in [0.4, 0.5) is 4.79 Å². The number of aliphatic hydroxyl groups excluding tert-OH is 1. The third-order valence-corrected chi connectivity index (χ3v) is 2.64. The van der Waals surface area contributed by atoms with Gasteiger partial charge >= 0.3 is 12.0 Å². The molecule has 1 rings (SSSR count). The van der Waals surface area contributed by atoms with E-state index in [9.17, 15) is 9.59 Å². The number of ether oxygens (including phenoxy) is 1. The number of urea groups is 1. The highest BCUT2D eigenvalue weighted by Gasteiger charge is 2.30. The Kier molecular flexibility index (Phi) is 4.71. The number of carboxylic acids is 1. The number of carbonyl (C=O) groups excluding carboxylic acids is 1.